The van der Waals surface area contributed by atoms with Gasteiger partial charge in [0.05, 0.1) is 32.0 Å². The molecule has 1 saturated heterocycles. The Morgan fingerprint density at radius 2 is 1.52 bits per heavy atom. The zero-order valence-electron chi connectivity index (χ0n) is 16.2. The maximum atomic E-state index is 6.10. The zero-order valence-corrected chi connectivity index (χ0v) is 17.0. The first kappa shape index (κ1) is 18.2. The molecule has 0 saturated carbocycles. The quantitative estimate of drug-likeness (QED) is 0.542. The maximum absolute atomic E-state index is 6.10. The van der Waals surface area contributed by atoms with E-state index in [1.54, 1.807) is 14.2 Å². The molecule has 0 aromatic heterocycles. The van der Waals surface area contributed by atoms with Crippen LogP contribution in [0.2, 0.25) is 5.02 Å². The summed E-state index contributed by atoms with van der Waals surface area (Å²) < 4.78 is 10.9. The van der Waals surface area contributed by atoms with Crippen LogP contribution in [-0.2, 0) is 0 Å². The van der Waals surface area contributed by atoms with Crippen LogP contribution in [0.4, 0.5) is 0 Å². The maximum Gasteiger partial charge on any atom is 0.161 e. The first-order valence-corrected chi connectivity index (χ1v) is 9.97. The minimum Gasteiger partial charge on any atom is -0.493 e. The van der Waals surface area contributed by atoms with Crippen molar-refractivity contribution in [3.63, 3.8) is 0 Å². The minimum absolute atomic E-state index is 0.0595. The number of benzene rings is 3. The molecule has 2 heterocycles. The van der Waals surface area contributed by atoms with Gasteiger partial charge in [0.25, 0.3) is 0 Å². The Kier molecular flexibility index (Phi) is 4.53. The molecule has 3 aromatic carbocycles. The third-order valence-electron chi connectivity index (χ3n) is 5.66. The summed E-state index contributed by atoms with van der Waals surface area (Å²) in [6.45, 7) is 0. The predicted octanol–water partition coefficient (Wildman–Crippen LogP) is 5.28. The number of halogens is 1. The summed E-state index contributed by atoms with van der Waals surface area (Å²) in [5.41, 5.74) is 4.63. The molecule has 0 amide bonds. The van der Waals surface area contributed by atoms with Crippen LogP contribution >= 0.6 is 11.6 Å². The Labute approximate surface area is 175 Å². The fourth-order valence-electron chi connectivity index (χ4n) is 4.25. The van der Waals surface area contributed by atoms with Crippen molar-refractivity contribution in [2.24, 2.45) is 4.99 Å². The normalized spacial score (nSPS) is 24.6. The molecule has 2 aliphatic rings. The number of fused-ring (bicyclic) bond motifs is 1. The van der Waals surface area contributed by atoms with E-state index in [0.717, 1.165) is 33.4 Å². The van der Waals surface area contributed by atoms with Gasteiger partial charge in [-0.1, -0.05) is 60.1 Å². The number of hydrogen-bond donors (Lipinski definition) is 0. The van der Waals surface area contributed by atoms with Crippen molar-refractivity contribution in [3.8, 4) is 11.5 Å². The molecular formula is C24H21ClN2O2. The Hall–Kier alpha value is -2.82. The lowest BCUT2D eigenvalue weighted by Gasteiger charge is -2.16. The third-order valence-corrected chi connectivity index (χ3v) is 5.91. The highest BCUT2D eigenvalue weighted by molar-refractivity contribution is 6.30. The van der Waals surface area contributed by atoms with Crippen LogP contribution in [0.5, 0.6) is 11.5 Å². The molecular weight excluding hydrogens is 384 g/mol. The summed E-state index contributed by atoms with van der Waals surface area (Å²) in [5.74, 6) is 1.44. The zero-order chi connectivity index (χ0) is 20.0. The van der Waals surface area contributed by atoms with Gasteiger partial charge in [0, 0.05) is 5.02 Å². The molecule has 5 rings (SSSR count). The number of rotatable bonds is 5. The van der Waals surface area contributed by atoms with Crippen molar-refractivity contribution in [1.82, 2.24) is 4.90 Å². The lowest BCUT2D eigenvalue weighted by Crippen LogP contribution is -2.08. The van der Waals surface area contributed by atoms with Crippen LogP contribution in [-0.4, -0.2) is 30.9 Å². The highest BCUT2D eigenvalue weighted by Crippen LogP contribution is 2.56. The minimum atomic E-state index is -0.0595. The number of methoxy groups -OCH3 is 2. The number of aliphatic imine (C=N–C) groups is 1. The van der Waals surface area contributed by atoms with Crippen LogP contribution < -0.4 is 9.47 Å². The van der Waals surface area contributed by atoms with Gasteiger partial charge in [-0.3, -0.25) is 9.89 Å². The molecule has 0 radical (unpaired) electrons. The molecule has 4 atom stereocenters. The van der Waals surface area contributed by atoms with E-state index < -0.39 is 0 Å². The first-order chi connectivity index (χ1) is 14.2. The van der Waals surface area contributed by atoms with Crippen molar-refractivity contribution in [3.05, 3.63) is 94.5 Å². The molecule has 0 spiro atoms. The fourth-order valence-corrected chi connectivity index (χ4v) is 4.37. The summed E-state index contributed by atoms with van der Waals surface area (Å²) in [6.07, 6.45) is -0.0595. The van der Waals surface area contributed by atoms with Crippen molar-refractivity contribution in [1.29, 1.82) is 0 Å². The van der Waals surface area contributed by atoms with E-state index in [-0.39, 0.29) is 12.2 Å². The van der Waals surface area contributed by atoms with E-state index in [1.807, 2.05) is 24.3 Å². The first-order valence-electron chi connectivity index (χ1n) is 9.59. The Morgan fingerprint density at radius 3 is 2.21 bits per heavy atom. The second-order valence-corrected chi connectivity index (χ2v) is 7.69. The van der Waals surface area contributed by atoms with Crippen molar-refractivity contribution < 1.29 is 9.47 Å². The monoisotopic (exact) mass is 404 g/mol. The molecule has 1 unspecified atom stereocenters. The molecule has 0 bridgehead atoms. The van der Waals surface area contributed by atoms with E-state index in [2.05, 4.69) is 53.4 Å². The van der Waals surface area contributed by atoms with Crippen LogP contribution in [0, 0.1) is 0 Å². The van der Waals surface area contributed by atoms with Gasteiger partial charge in [-0.25, -0.2) is 0 Å². The van der Waals surface area contributed by atoms with E-state index >= 15 is 0 Å². The summed E-state index contributed by atoms with van der Waals surface area (Å²) in [4.78, 5) is 7.54. The van der Waals surface area contributed by atoms with Gasteiger partial charge < -0.3 is 9.47 Å². The van der Waals surface area contributed by atoms with Crippen LogP contribution in [0.1, 0.15) is 28.9 Å². The van der Waals surface area contributed by atoms with Gasteiger partial charge >= 0.3 is 0 Å². The highest BCUT2D eigenvalue weighted by atomic mass is 35.5. The molecule has 3 aromatic rings. The van der Waals surface area contributed by atoms with Gasteiger partial charge in [0.2, 0.25) is 0 Å². The molecule has 2 aliphatic heterocycles. The fraction of sp³-hybridized carbons (Fsp3) is 0.208. The smallest absolute Gasteiger partial charge is 0.161 e. The Morgan fingerprint density at radius 1 is 0.793 bits per heavy atom. The second kappa shape index (κ2) is 7.21. The summed E-state index contributed by atoms with van der Waals surface area (Å²) in [7, 11) is 3.31. The lowest BCUT2D eigenvalue weighted by molar-refractivity contribution is 0.351. The average molecular weight is 405 g/mol. The molecule has 29 heavy (non-hydrogen) atoms. The van der Waals surface area contributed by atoms with Crippen molar-refractivity contribution in [2.75, 3.05) is 14.2 Å². The summed E-state index contributed by atoms with van der Waals surface area (Å²) >= 11 is 6.10. The van der Waals surface area contributed by atoms with Gasteiger partial charge in [-0.15, -0.1) is 0 Å². The predicted molar refractivity (Wildman–Crippen MR) is 115 cm³/mol. The number of nitrogens with zero attached hydrogens (tertiary/aromatic N) is 2. The van der Waals surface area contributed by atoms with Gasteiger partial charge in [-0.05, 0) is 41.0 Å². The Bertz CT molecular complexity index is 1070. The van der Waals surface area contributed by atoms with Crippen LogP contribution in [0.25, 0.3) is 0 Å². The van der Waals surface area contributed by atoms with E-state index in [9.17, 15) is 0 Å². The van der Waals surface area contributed by atoms with Gasteiger partial charge in [-0.2, -0.15) is 0 Å². The summed E-state index contributed by atoms with van der Waals surface area (Å²) in [6, 6.07) is 25.2. The van der Waals surface area contributed by atoms with Crippen LogP contribution in [0.3, 0.4) is 0 Å². The SMILES string of the molecule is COc1ccc([C@@H]2N=C(c3ccc(Cl)cc3)[C@@H]3[C@H](c4ccccc4)N32)cc1OC. The van der Waals surface area contributed by atoms with Crippen molar-refractivity contribution in [2.45, 2.75) is 18.2 Å². The van der Waals surface area contributed by atoms with E-state index in [1.165, 1.54) is 5.56 Å². The van der Waals surface area contributed by atoms with E-state index in [0.29, 0.717) is 6.04 Å². The van der Waals surface area contributed by atoms with Gasteiger partial charge in [0.15, 0.2) is 11.5 Å². The lowest BCUT2D eigenvalue weighted by atomic mass is 10.0. The number of ether oxygens (including phenoxy) is 2. The highest BCUT2D eigenvalue weighted by Gasteiger charge is 2.59. The molecule has 0 aliphatic carbocycles. The van der Waals surface area contributed by atoms with E-state index in [4.69, 9.17) is 26.1 Å². The molecule has 0 N–H and O–H groups in total. The molecule has 4 nitrogen and oxygen atoms in total. The standard InChI is InChI=1S/C24H21ClN2O2/c1-28-19-13-10-17(14-20(19)29-2)24-26-21(15-8-11-18(25)12-9-15)23-22(27(23)24)16-6-4-3-5-7-16/h3-14,22-24H,1-2H3/t22-,23+,24+,27?/m0/s1. The van der Waals surface area contributed by atoms with Crippen LogP contribution in [0.15, 0.2) is 77.8 Å². The van der Waals surface area contributed by atoms with Crippen molar-refractivity contribution >= 4 is 17.3 Å². The average Bonchev–Trinajstić information content (AvgIpc) is 3.38. The second-order valence-electron chi connectivity index (χ2n) is 7.26. The Balaban J connectivity index is 1.57. The molecule has 5 heteroatoms. The van der Waals surface area contributed by atoms with Gasteiger partial charge in [0.1, 0.15) is 6.17 Å². The summed E-state index contributed by atoms with van der Waals surface area (Å²) in [5, 5.41) is 0.732. The topological polar surface area (TPSA) is 33.8 Å². The number of hydrogen-bond acceptors (Lipinski definition) is 4. The molecule has 146 valence electrons. The third kappa shape index (κ3) is 3.09. The molecule has 1 fully saturated rings. The largest absolute Gasteiger partial charge is 0.493 e.